The fourth-order valence-electron chi connectivity index (χ4n) is 2.76. The van der Waals surface area contributed by atoms with Crippen LogP contribution in [0.4, 0.5) is 5.95 Å². The van der Waals surface area contributed by atoms with E-state index in [9.17, 15) is 0 Å². The number of hydrogen-bond donors (Lipinski definition) is 1. The van der Waals surface area contributed by atoms with Crippen LogP contribution in [0.5, 0.6) is 0 Å². The van der Waals surface area contributed by atoms with Crippen LogP contribution < -0.4 is 10.6 Å². The Morgan fingerprint density at radius 1 is 1.37 bits per heavy atom. The fraction of sp³-hybridized carbons (Fsp3) is 0.733. The summed E-state index contributed by atoms with van der Waals surface area (Å²) in [5, 5.41) is 0. The maximum Gasteiger partial charge on any atom is 0.226 e. The highest BCUT2D eigenvalue weighted by Crippen LogP contribution is 2.25. The van der Waals surface area contributed by atoms with Crippen molar-refractivity contribution in [2.75, 3.05) is 18.0 Å². The van der Waals surface area contributed by atoms with Crippen molar-refractivity contribution in [1.82, 2.24) is 9.97 Å². The summed E-state index contributed by atoms with van der Waals surface area (Å²) in [6.45, 7) is 8.22. The van der Waals surface area contributed by atoms with Gasteiger partial charge >= 0.3 is 0 Å². The van der Waals surface area contributed by atoms with Crippen molar-refractivity contribution in [3.63, 3.8) is 0 Å². The van der Waals surface area contributed by atoms with E-state index >= 15 is 0 Å². The summed E-state index contributed by atoms with van der Waals surface area (Å²) in [5.41, 5.74) is 7.94. The van der Waals surface area contributed by atoms with Crippen LogP contribution in [0, 0.1) is 6.92 Å². The number of nitrogens with zero attached hydrogens (tertiary/aromatic N) is 3. The van der Waals surface area contributed by atoms with Gasteiger partial charge in [0, 0.05) is 24.0 Å². The summed E-state index contributed by atoms with van der Waals surface area (Å²) in [4.78, 5) is 11.8. The van der Waals surface area contributed by atoms with E-state index in [0.29, 0.717) is 12.0 Å². The van der Waals surface area contributed by atoms with E-state index in [4.69, 9.17) is 10.7 Å². The van der Waals surface area contributed by atoms with Gasteiger partial charge in [-0.25, -0.2) is 9.97 Å². The van der Waals surface area contributed by atoms with Crippen LogP contribution in [0.2, 0.25) is 0 Å². The monoisotopic (exact) mass is 262 g/mol. The first-order chi connectivity index (χ1) is 9.11. The molecule has 1 fully saturated rings. The van der Waals surface area contributed by atoms with Crippen molar-refractivity contribution < 1.29 is 0 Å². The normalized spacial score (nSPS) is 20.1. The second kappa shape index (κ2) is 6.33. The minimum atomic E-state index is 0.443. The molecule has 0 aromatic carbocycles. The average molecular weight is 262 g/mol. The Labute approximate surface area is 116 Å². The number of aromatic nitrogens is 2. The molecule has 0 aliphatic carbocycles. The Balaban J connectivity index is 2.27. The van der Waals surface area contributed by atoms with Crippen LogP contribution in [0.25, 0.3) is 0 Å². The maximum atomic E-state index is 5.74. The number of anilines is 1. The van der Waals surface area contributed by atoms with Gasteiger partial charge in [-0.3, -0.25) is 0 Å². The van der Waals surface area contributed by atoms with Gasteiger partial charge in [0.05, 0.1) is 0 Å². The van der Waals surface area contributed by atoms with Crippen molar-refractivity contribution in [3.8, 4) is 0 Å². The predicted molar refractivity (Wildman–Crippen MR) is 79.5 cm³/mol. The zero-order chi connectivity index (χ0) is 13.8. The number of piperidine rings is 1. The molecule has 19 heavy (non-hydrogen) atoms. The van der Waals surface area contributed by atoms with Crippen LogP contribution in [0.3, 0.4) is 0 Å². The van der Waals surface area contributed by atoms with Gasteiger partial charge in [-0.2, -0.15) is 0 Å². The van der Waals surface area contributed by atoms with Gasteiger partial charge in [0.25, 0.3) is 0 Å². The first-order valence-corrected chi connectivity index (χ1v) is 7.44. The van der Waals surface area contributed by atoms with Crippen LogP contribution >= 0.6 is 0 Å². The SMILES string of the molecule is Cc1cc(C(C)C)nc(N2CCCCC2CCN)n1. The highest BCUT2D eigenvalue weighted by atomic mass is 15.3. The molecule has 0 saturated carbocycles. The highest BCUT2D eigenvalue weighted by Gasteiger charge is 2.24. The quantitative estimate of drug-likeness (QED) is 0.906. The lowest BCUT2D eigenvalue weighted by Gasteiger charge is -2.36. The van der Waals surface area contributed by atoms with Gasteiger partial charge in [0.2, 0.25) is 5.95 Å². The van der Waals surface area contributed by atoms with Gasteiger partial charge < -0.3 is 10.6 Å². The summed E-state index contributed by atoms with van der Waals surface area (Å²) >= 11 is 0. The zero-order valence-corrected chi connectivity index (χ0v) is 12.4. The van der Waals surface area contributed by atoms with Gasteiger partial charge in [-0.15, -0.1) is 0 Å². The molecular weight excluding hydrogens is 236 g/mol. The lowest BCUT2D eigenvalue weighted by molar-refractivity contribution is 0.434. The lowest BCUT2D eigenvalue weighted by Crippen LogP contribution is -2.42. The third-order valence-electron chi connectivity index (χ3n) is 3.84. The Kier molecular flexibility index (Phi) is 4.75. The van der Waals surface area contributed by atoms with E-state index < -0.39 is 0 Å². The van der Waals surface area contributed by atoms with Crippen LogP contribution in [-0.2, 0) is 0 Å². The van der Waals surface area contributed by atoms with Crippen molar-refractivity contribution in [1.29, 1.82) is 0 Å². The third kappa shape index (κ3) is 3.44. The first-order valence-electron chi connectivity index (χ1n) is 7.44. The predicted octanol–water partition coefficient (Wildman–Crippen LogP) is 2.62. The molecule has 4 heteroatoms. The Morgan fingerprint density at radius 3 is 2.84 bits per heavy atom. The number of nitrogens with two attached hydrogens (primary N) is 1. The molecule has 1 aromatic heterocycles. The molecule has 0 radical (unpaired) electrons. The third-order valence-corrected chi connectivity index (χ3v) is 3.84. The summed E-state index contributed by atoms with van der Waals surface area (Å²) in [6, 6.07) is 2.61. The second-order valence-electron chi connectivity index (χ2n) is 5.81. The minimum absolute atomic E-state index is 0.443. The molecule has 106 valence electrons. The van der Waals surface area contributed by atoms with Crippen molar-refractivity contribution in [2.45, 2.75) is 58.4 Å². The number of aryl methyl sites for hydroxylation is 1. The molecule has 0 bridgehead atoms. The molecule has 2 N–H and O–H groups in total. The van der Waals surface area contributed by atoms with Crippen molar-refractivity contribution in [2.24, 2.45) is 5.73 Å². The van der Waals surface area contributed by atoms with Gasteiger partial charge in [-0.05, 0) is 51.1 Å². The van der Waals surface area contributed by atoms with E-state index in [-0.39, 0.29) is 0 Å². The molecule has 0 amide bonds. The van der Waals surface area contributed by atoms with Crippen molar-refractivity contribution in [3.05, 3.63) is 17.5 Å². The minimum Gasteiger partial charge on any atom is -0.338 e. The largest absolute Gasteiger partial charge is 0.338 e. The summed E-state index contributed by atoms with van der Waals surface area (Å²) in [5.74, 6) is 1.35. The van der Waals surface area contributed by atoms with Crippen LogP contribution in [0.1, 0.15) is 56.8 Å². The second-order valence-corrected chi connectivity index (χ2v) is 5.81. The summed E-state index contributed by atoms with van der Waals surface area (Å²) in [7, 11) is 0. The average Bonchev–Trinajstić information content (AvgIpc) is 2.39. The Bertz CT molecular complexity index is 415. The molecule has 0 spiro atoms. The molecule has 4 nitrogen and oxygen atoms in total. The smallest absolute Gasteiger partial charge is 0.226 e. The molecule has 1 aliphatic heterocycles. The number of hydrogen-bond acceptors (Lipinski definition) is 4. The maximum absolute atomic E-state index is 5.74. The first kappa shape index (κ1) is 14.3. The standard InChI is InChI=1S/C15H26N4/c1-11(2)14-10-12(3)17-15(18-14)19-9-5-4-6-13(19)7-8-16/h10-11,13H,4-9,16H2,1-3H3. The molecule has 1 aromatic rings. The van der Waals surface area contributed by atoms with Crippen LogP contribution in [-0.4, -0.2) is 29.1 Å². The molecular formula is C15H26N4. The highest BCUT2D eigenvalue weighted by molar-refractivity contribution is 5.35. The topological polar surface area (TPSA) is 55.0 Å². The Hall–Kier alpha value is -1.16. The van der Waals surface area contributed by atoms with Crippen LogP contribution in [0.15, 0.2) is 6.07 Å². The molecule has 1 aliphatic rings. The van der Waals surface area contributed by atoms with E-state index in [1.54, 1.807) is 0 Å². The van der Waals surface area contributed by atoms with Gasteiger partial charge in [0.15, 0.2) is 0 Å². The van der Waals surface area contributed by atoms with Gasteiger partial charge in [-0.1, -0.05) is 13.8 Å². The van der Waals surface area contributed by atoms with E-state index in [1.807, 2.05) is 0 Å². The van der Waals surface area contributed by atoms with Crippen molar-refractivity contribution >= 4 is 5.95 Å². The van der Waals surface area contributed by atoms with E-state index in [2.05, 4.69) is 36.7 Å². The Morgan fingerprint density at radius 2 is 2.16 bits per heavy atom. The lowest BCUT2D eigenvalue weighted by atomic mass is 10.00. The number of rotatable bonds is 4. The van der Waals surface area contributed by atoms with Gasteiger partial charge in [0.1, 0.15) is 0 Å². The molecule has 1 atom stereocenters. The molecule has 1 unspecified atom stereocenters. The summed E-state index contributed by atoms with van der Waals surface area (Å²) < 4.78 is 0. The van der Waals surface area contributed by atoms with E-state index in [1.165, 1.54) is 19.3 Å². The molecule has 1 saturated heterocycles. The van der Waals surface area contributed by atoms with E-state index in [0.717, 1.165) is 36.8 Å². The fourth-order valence-corrected chi connectivity index (χ4v) is 2.76. The molecule has 2 heterocycles. The summed E-state index contributed by atoms with van der Waals surface area (Å²) in [6.07, 6.45) is 4.78. The zero-order valence-electron chi connectivity index (χ0n) is 12.4. The molecule has 2 rings (SSSR count).